The predicted molar refractivity (Wildman–Crippen MR) is 118 cm³/mol. The van der Waals surface area contributed by atoms with Gasteiger partial charge in [0.15, 0.2) is 0 Å². The quantitative estimate of drug-likeness (QED) is 0.436. The Morgan fingerprint density at radius 3 is 2.68 bits per heavy atom. The summed E-state index contributed by atoms with van der Waals surface area (Å²) in [6.45, 7) is 2.52. The second kappa shape index (κ2) is 9.64. The third-order valence-electron chi connectivity index (χ3n) is 5.09. The lowest BCUT2D eigenvalue weighted by Crippen LogP contribution is -2.31. The molecule has 2 aromatic rings. The fourth-order valence-electron chi connectivity index (χ4n) is 3.40. The van der Waals surface area contributed by atoms with Crippen LogP contribution >= 0.6 is 11.9 Å². The van der Waals surface area contributed by atoms with Crippen LogP contribution in [0.1, 0.15) is 37.7 Å². The molecule has 0 spiro atoms. The van der Waals surface area contributed by atoms with E-state index in [-0.39, 0.29) is 6.04 Å². The molecule has 0 heterocycles. The SMILES string of the molecule is CSNc1ccccc1-c1ccc(N(C=O)CCC(C)NC=O)c(C2CC2)c1. The van der Waals surface area contributed by atoms with Crippen LogP contribution in [0.5, 0.6) is 0 Å². The lowest BCUT2D eigenvalue weighted by Gasteiger charge is -2.23. The zero-order valence-electron chi connectivity index (χ0n) is 16.4. The van der Waals surface area contributed by atoms with Crippen LogP contribution in [0.2, 0.25) is 0 Å². The third kappa shape index (κ3) is 4.87. The average molecular weight is 398 g/mol. The minimum atomic E-state index is 0.0353. The number of nitrogens with zero attached hydrogens (tertiary/aromatic N) is 1. The van der Waals surface area contributed by atoms with Crippen molar-refractivity contribution in [1.82, 2.24) is 5.32 Å². The molecule has 2 N–H and O–H groups in total. The minimum absolute atomic E-state index is 0.0353. The number of hydrogen-bond acceptors (Lipinski definition) is 4. The van der Waals surface area contributed by atoms with Gasteiger partial charge in [-0.2, -0.15) is 0 Å². The number of benzene rings is 2. The Hall–Kier alpha value is -2.47. The lowest BCUT2D eigenvalue weighted by atomic mass is 9.97. The molecular weight excluding hydrogens is 370 g/mol. The van der Waals surface area contributed by atoms with Gasteiger partial charge in [0.25, 0.3) is 0 Å². The van der Waals surface area contributed by atoms with Crippen molar-refractivity contribution in [1.29, 1.82) is 0 Å². The van der Waals surface area contributed by atoms with Crippen molar-refractivity contribution in [2.45, 2.75) is 38.1 Å². The summed E-state index contributed by atoms with van der Waals surface area (Å²) in [6.07, 6.45) is 6.66. The van der Waals surface area contributed by atoms with Gasteiger partial charge in [0.05, 0.1) is 5.69 Å². The Kier molecular flexibility index (Phi) is 6.98. The van der Waals surface area contributed by atoms with Crippen molar-refractivity contribution < 1.29 is 9.59 Å². The summed E-state index contributed by atoms with van der Waals surface area (Å²) in [7, 11) is 0. The maximum absolute atomic E-state index is 11.8. The van der Waals surface area contributed by atoms with Crippen molar-refractivity contribution in [3.63, 3.8) is 0 Å². The Morgan fingerprint density at radius 2 is 2.00 bits per heavy atom. The molecule has 1 fully saturated rings. The van der Waals surface area contributed by atoms with E-state index in [4.69, 9.17) is 0 Å². The molecule has 1 atom stereocenters. The van der Waals surface area contributed by atoms with Crippen molar-refractivity contribution in [3.05, 3.63) is 48.0 Å². The molecule has 2 aromatic carbocycles. The normalized spacial score (nSPS) is 14.2. The number of anilines is 2. The number of carbonyl (C=O) groups excluding carboxylic acids is 2. The van der Waals surface area contributed by atoms with Crippen LogP contribution in [0.3, 0.4) is 0 Å². The van der Waals surface area contributed by atoms with Gasteiger partial charge in [-0.05, 0) is 61.4 Å². The molecule has 0 aromatic heterocycles. The smallest absolute Gasteiger partial charge is 0.214 e. The first-order valence-electron chi connectivity index (χ1n) is 9.62. The zero-order chi connectivity index (χ0) is 19.9. The number of carbonyl (C=O) groups is 2. The summed E-state index contributed by atoms with van der Waals surface area (Å²) in [6, 6.07) is 14.7. The Bertz CT molecular complexity index is 823. The molecule has 3 rings (SSSR count). The number of rotatable bonds is 11. The van der Waals surface area contributed by atoms with E-state index in [1.165, 1.54) is 5.56 Å². The molecule has 5 nitrogen and oxygen atoms in total. The molecule has 1 saturated carbocycles. The molecule has 1 aliphatic carbocycles. The van der Waals surface area contributed by atoms with Gasteiger partial charge in [-0.1, -0.05) is 36.2 Å². The Morgan fingerprint density at radius 1 is 1.21 bits per heavy atom. The number of nitrogens with one attached hydrogen (secondary N) is 2. The summed E-state index contributed by atoms with van der Waals surface area (Å²) < 4.78 is 3.35. The maximum Gasteiger partial charge on any atom is 0.214 e. The summed E-state index contributed by atoms with van der Waals surface area (Å²) >= 11 is 1.58. The summed E-state index contributed by atoms with van der Waals surface area (Å²) in [5.74, 6) is 0.517. The highest BCUT2D eigenvalue weighted by Crippen LogP contribution is 2.46. The number of para-hydroxylation sites is 1. The molecular formula is C22H27N3O2S. The molecule has 2 amide bonds. The van der Waals surface area contributed by atoms with Crippen LogP contribution < -0.4 is 14.9 Å². The monoisotopic (exact) mass is 397 g/mol. The van der Waals surface area contributed by atoms with Gasteiger partial charge in [-0.15, -0.1) is 0 Å². The number of hydrogen-bond donors (Lipinski definition) is 2. The first-order valence-corrected chi connectivity index (χ1v) is 10.8. The maximum atomic E-state index is 11.8. The molecule has 0 aliphatic heterocycles. The number of amides is 2. The lowest BCUT2D eigenvalue weighted by molar-refractivity contribution is -0.110. The van der Waals surface area contributed by atoms with Crippen LogP contribution in [0.15, 0.2) is 42.5 Å². The fourth-order valence-corrected chi connectivity index (χ4v) is 3.80. The largest absolute Gasteiger partial charge is 0.356 e. The van der Waals surface area contributed by atoms with Crippen molar-refractivity contribution in [3.8, 4) is 11.1 Å². The highest BCUT2D eigenvalue weighted by atomic mass is 32.2. The van der Waals surface area contributed by atoms with Gasteiger partial charge in [-0.3, -0.25) is 9.59 Å². The second-order valence-corrected chi connectivity index (χ2v) is 7.79. The van der Waals surface area contributed by atoms with E-state index in [2.05, 4.69) is 40.4 Å². The molecule has 1 unspecified atom stereocenters. The van der Waals surface area contributed by atoms with Crippen LogP contribution in [0, 0.1) is 0 Å². The van der Waals surface area contributed by atoms with Crippen molar-refractivity contribution >= 4 is 36.1 Å². The highest BCUT2D eigenvalue weighted by Gasteiger charge is 2.28. The summed E-state index contributed by atoms with van der Waals surface area (Å²) in [5.41, 5.74) is 5.62. The zero-order valence-corrected chi connectivity index (χ0v) is 17.2. The van der Waals surface area contributed by atoms with E-state index in [0.717, 1.165) is 41.8 Å². The van der Waals surface area contributed by atoms with Gasteiger partial charge in [-0.25, -0.2) is 0 Å². The predicted octanol–water partition coefficient (Wildman–Crippen LogP) is 4.41. The minimum Gasteiger partial charge on any atom is -0.356 e. The Balaban J connectivity index is 1.89. The molecule has 0 radical (unpaired) electrons. The van der Waals surface area contributed by atoms with Crippen molar-refractivity contribution in [2.24, 2.45) is 0 Å². The van der Waals surface area contributed by atoms with E-state index < -0.39 is 0 Å². The van der Waals surface area contributed by atoms with Gasteiger partial charge in [0.1, 0.15) is 0 Å². The van der Waals surface area contributed by atoms with E-state index in [1.807, 2.05) is 25.3 Å². The summed E-state index contributed by atoms with van der Waals surface area (Å²) in [5, 5.41) is 2.74. The first-order chi connectivity index (χ1) is 13.7. The third-order valence-corrected chi connectivity index (χ3v) is 5.51. The molecule has 0 saturated heterocycles. The molecule has 148 valence electrons. The molecule has 1 aliphatic rings. The fraction of sp³-hybridized carbons (Fsp3) is 0.364. The molecule has 0 bridgehead atoms. The van der Waals surface area contributed by atoms with Crippen LogP contribution in [-0.4, -0.2) is 31.7 Å². The molecule has 28 heavy (non-hydrogen) atoms. The van der Waals surface area contributed by atoms with Gasteiger partial charge < -0.3 is 14.9 Å². The van der Waals surface area contributed by atoms with Crippen molar-refractivity contribution in [2.75, 3.05) is 22.4 Å². The topological polar surface area (TPSA) is 61.4 Å². The van der Waals surface area contributed by atoms with E-state index >= 15 is 0 Å². The van der Waals surface area contributed by atoms with Gasteiger partial charge >= 0.3 is 0 Å². The van der Waals surface area contributed by atoms with E-state index in [9.17, 15) is 9.59 Å². The highest BCUT2D eigenvalue weighted by molar-refractivity contribution is 7.99. The Labute approximate surface area is 171 Å². The standard InChI is InChI=1S/C22H27N3O2S/c1-16(23-14-26)11-12-25(15-27)22-10-9-18(13-20(22)17-7-8-17)19-5-3-4-6-21(19)24-28-2/h3-6,9-10,13-17,24H,7-8,11-12H2,1-2H3,(H,23,26). The first kappa shape index (κ1) is 20.3. The second-order valence-electron chi connectivity index (χ2n) is 7.17. The van der Waals surface area contributed by atoms with E-state index in [1.54, 1.807) is 16.8 Å². The van der Waals surface area contributed by atoms with Gasteiger partial charge in [0, 0.05) is 30.1 Å². The summed E-state index contributed by atoms with van der Waals surface area (Å²) in [4.78, 5) is 24.2. The average Bonchev–Trinajstić information content (AvgIpc) is 3.55. The van der Waals surface area contributed by atoms with Crippen LogP contribution in [-0.2, 0) is 9.59 Å². The van der Waals surface area contributed by atoms with Gasteiger partial charge in [0.2, 0.25) is 12.8 Å². The van der Waals surface area contributed by atoms with E-state index in [0.29, 0.717) is 25.3 Å². The van der Waals surface area contributed by atoms with Crippen LogP contribution in [0.4, 0.5) is 11.4 Å². The van der Waals surface area contributed by atoms with Crippen LogP contribution in [0.25, 0.3) is 11.1 Å². The molecule has 6 heteroatoms.